The summed E-state index contributed by atoms with van der Waals surface area (Å²) in [5, 5.41) is 5.43. The van der Waals surface area contributed by atoms with Gasteiger partial charge in [-0.15, -0.1) is 0 Å². The molecule has 3 N–H and O–H groups in total. The molecule has 20 heavy (non-hydrogen) atoms. The normalized spacial score (nSPS) is 22.2. The number of nitrogens with zero attached hydrogens (tertiary/aromatic N) is 2. The van der Waals surface area contributed by atoms with Crippen molar-refractivity contribution in [2.24, 2.45) is 0 Å². The highest BCUT2D eigenvalue weighted by molar-refractivity contribution is 7.99. The van der Waals surface area contributed by atoms with E-state index in [2.05, 4.69) is 34.0 Å². The molecule has 1 aromatic heterocycles. The lowest BCUT2D eigenvalue weighted by Crippen LogP contribution is -2.17. The minimum absolute atomic E-state index is 0.523. The number of hydrogen-bond donors (Lipinski definition) is 2. The molecule has 1 fully saturated rings. The van der Waals surface area contributed by atoms with E-state index in [0.717, 1.165) is 27.7 Å². The van der Waals surface area contributed by atoms with Crippen LogP contribution in [0.5, 0.6) is 0 Å². The lowest BCUT2D eigenvalue weighted by atomic mass is 10.2. The van der Waals surface area contributed by atoms with Crippen molar-refractivity contribution >= 4 is 34.2 Å². The first-order chi connectivity index (χ1) is 9.76. The van der Waals surface area contributed by atoms with E-state index in [1.807, 2.05) is 18.2 Å². The second kappa shape index (κ2) is 5.87. The Bertz CT molecular complexity index is 601. The van der Waals surface area contributed by atoms with Gasteiger partial charge in [0, 0.05) is 22.4 Å². The predicted molar refractivity (Wildman–Crippen MR) is 87.1 cm³/mol. The molecule has 2 aromatic rings. The highest BCUT2D eigenvalue weighted by Gasteiger charge is 2.25. The Morgan fingerprint density at radius 2 is 2.25 bits per heavy atom. The summed E-state index contributed by atoms with van der Waals surface area (Å²) in [6.45, 7) is 2.23. The summed E-state index contributed by atoms with van der Waals surface area (Å²) in [5.41, 5.74) is 7.45. The standard InChI is InChI=1S/C15H20N4S/c1-2-20-12-5-4-11(8-12)19-15-13-6-3-10(16)7-14(13)17-9-18-15/h3,6-7,9,11-12H,2,4-5,8,16H2,1H3,(H,17,18,19). The van der Waals surface area contributed by atoms with E-state index >= 15 is 0 Å². The first kappa shape index (κ1) is 13.5. The van der Waals surface area contributed by atoms with Crippen molar-refractivity contribution < 1.29 is 0 Å². The van der Waals surface area contributed by atoms with E-state index in [4.69, 9.17) is 5.73 Å². The van der Waals surface area contributed by atoms with Crippen molar-refractivity contribution in [2.45, 2.75) is 37.5 Å². The van der Waals surface area contributed by atoms with Crippen LogP contribution in [0.25, 0.3) is 10.9 Å². The van der Waals surface area contributed by atoms with Crippen LogP contribution in [0.1, 0.15) is 26.2 Å². The van der Waals surface area contributed by atoms with Gasteiger partial charge in [0.1, 0.15) is 12.1 Å². The maximum absolute atomic E-state index is 5.81. The summed E-state index contributed by atoms with van der Waals surface area (Å²) >= 11 is 2.07. The number of nitrogens with one attached hydrogen (secondary N) is 1. The van der Waals surface area contributed by atoms with Gasteiger partial charge in [0.25, 0.3) is 0 Å². The maximum Gasteiger partial charge on any atom is 0.137 e. The fraction of sp³-hybridized carbons (Fsp3) is 0.467. The lowest BCUT2D eigenvalue weighted by molar-refractivity contribution is 0.753. The van der Waals surface area contributed by atoms with Crippen LogP contribution in [0, 0.1) is 0 Å². The van der Waals surface area contributed by atoms with Crippen LogP contribution in [0.2, 0.25) is 0 Å². The lowest BCUT2D eigenvalue weighted by Gasteiger charge is -2.15. The van der Waals surface area contributed by atoms with Gasteiger partial charge in [-0.3, -0.25) is 0 Å². The highest BCUT2D eigenvalue weighted by atomic mass is 32.2. The Labute approximate surface area is 123 Å². The molecule has 1 aliphatic rings. The van der Waals surface area contributed by atoms with Gasteiger partial charge in [-0.1, -0.05) is 6.92 Å². The van der Waals surface area contributed by atoms with Crippen LogP contribution >= 0.6 is 11.8 Å². The minimum Gasteiger partial charge on any atom is -0.399 e. The summed E-state index contributed by atoms with van der Waals surface area (Å²) in [6.07, 6.45) is 5.35. The average molecular weight is 288 g/mol. The molecule has 1 saturated carbocycles. The molecule has 0 bridgehead atoms. The van der Waals surface area contributed by atoms with Gasteiger partial charge in [-0.2, -0.15) is 11.8 Å². The summed E-state index contributed by atoms with van der Waals surface area (Å²) in [7, 11) is 0. The fourth-order valence-corrected chi connectivity index (χ4v) is 3.98. The SMILES string of the molecule is CCSC1CCC(Nc2ncnc3cc(N)ccc23)C1. The molecule has 1 aromatic carbocycles. The number of rotatable bonds is 4. The predicted octanol–water partition coefficient (Wildman–Crippen LogP) is 3.30. The van der Waals surface area contributed by atoms with E-state index in [-0.39, 0.29) is 0 Å². The van der Waals surface area contributed by atoms with Gasteiger partial charge in [0.15, 0.2) is 0 Å². The first-order valence-electron chi connectivity index (χ1n) is 7.14. The van der Waals surface area contributed by atoms with Gasteiger partial charge in [0.05, 0.1) is 5.52 Å². The molecule has 5 heteroatoms. The number of anilines is 2. The second-order valence-electron chi connectivity index (χ2n) is 5.23. The third kappa shape index (κ3) is 2.82. The zero-order valence-electron chi connectivity index (χ0n) is 11.7. The Morgan fingerprint density at radius 1 is 1.35 bits per heavy atom. The molecule has 1 heterocycles. The molecule has 4 nitrogen and oxygen atoms in total. The number of fused-ring (bicyclic) bond motifs is 1. The molecule has 3 rings (SSSR count). The molecule has 0 radical (unpaired) electrons. The van der Waals surface area contributed by atoms with E-state index in [1.165, 1.54) is 25.0 Å². The van der Waals surface area contributed by atoms with Crippen LogP contribution in [0.4, 0.5) is 11.5 Å². The molecule has 0 aliphatic heterocycles. The Hall–Kier alpha value is -1.49. The van der Waals surface area contributed by atoms with Crippen molar-refractivity contribution in [2.75, 3.05) is 16.8 Å². The van der Waals surface area contributed by atoms with Crippen molar-refractivity contribution in [3.05, 3.63) is 24.5 Å². The van der Waals surface area contributed by atoms with Crippen LogP contribution in [0.3, 0.4) is 0 Å². The quantitative estimate of drug-likeness (QED) is 0.845. The molecule has 0 saturated heterocycles. The fourth-order valence-electron chi connectivity index (χ4n) is 2.84. The minimum atomic E-state index is 0.523. The number of nitrogens with two attached hydrogens (primary N) is 1. The molecule has 2 atom stereocenters. The highest BCUT2D eigenvalue weighted by Crippen LogP contribution is 2.32. The van der Waals surface area contributed by atoms with E-state index in [9.17, 15) is 0 Å². The van der Waals surface area contributed by atoms with Gasteiger partial charge >= 0.3 is 0 Å². The molecule has 0 spiro atoms. The molecular formula is C15H20N4S. The summed E-state index contributed by atoms with van der Waals surface area (Å²) < 4.78 is 0. The first-order valence-corrected chi connectivity index (χ1v) is 8.19. The van der Waals surface area contributed by atoms with E-state index in [1.54, 1.807) is 6.33 Å². The Balaban J connectivity index is 1.78. The van der Waals surface area contributed by atoms with Crippen LogP contribution < -0.4 is 11.1 Å². The van der Waals surface area contributed by atoms with Crippen molar-refractivity contribution in [3.63, 3.8) is 0 Å². The Kier molecular flexibility index (Phi) is 3.96. The van der Waals surface area contributed by atoms with E-state index in [0.29, 0.717) is 6.04 Å². The zero-order valence-corrected chi connectivity index (χ0v) is 12.5. The van der Waals surface area contributed by atoms with Gasteiger partial charge < -0.3 is 11.1 Å². The third-order valence-corrected chi connectivity index (χ3v) is 5.02. The smallest absolute Gasteiger partial charge is 0.137 e. The summed E-state index contributed by atoms with van der Waals surface area (Å²) in [6, 6.07) is 6.32. The molecule has 106 valence electrons. The van der Waals surface area contributed by atoms with Gasteiger partial charge in [-0.05, 0) is 43.2 Å². The number of aromatic nitrogens is 2. The number of thioether (sulfide) groups is 1. The maximum atomic E-state index is 5.81. The van der Waals surface area contributed by atoms with Crippen molar-refractivity contribution in [1.82, 2.24) is 9.97 Å². The van der Waals surface area contributed by atoms with Crippen molar-refractivity contribution in [3.8, 4) is 0 Å². The van der Waals surface area contributed by atoms with E-state index < -0.39 is 0 Å². The average Bonchev–Trinajstić information content (AvgIpc) is 2.86. The molecule has 1 aliphatic carbocycles. The number of nitrogen functional groups attached to an aromatic ring is 1. The molecular weight excluding hydrogens is 268 g/mol. The largest absolute Gasteiger partial charge is 0.399 e. The number of hydrogen-bond acceptors (Lipinski definition) is 5. The zero-order chi connectivity index (χ0) is 13.9. The van der Waals surface area contributed by atoms with Crippen LogP contribution in [-0.4, -0.2) is 27.0 Å². The number of benzene rings is 1. The monoisotopic (exact) mass is 288 g/mol. The van der Waals surface area contributed by atoms with Gasteiger partial charge in [-0.25, -0.2) is 9.97 Å². The van der Waals surface area contributed by atoms with Gasteiger partial charge in [0.2, 0.25) is 0 Å². The second-order valence-corrected chi connectivity index (χ2v) is 6.81. The third-order valence-electron chi connectivity index (χ3n) is 3.79. The van der Waals surface area contributed by atoms with Crippen LogP contribution in [0.15, 0.2) is 24.5 Å². The summed E-state index contributed by atoms with van der Waals surface area (Å²) in [4.78, 5) is 8.69. The topological polar surface area (TPSA) is 63.8 Å². The Morgan fingerprint density at radius 3 is 3.10 bits per heavy atom. The molecule has 0 amide bonds. The molecule has 2 unspecified atom stereocenters. The van der Waals surface area contributed by atoms with Crippen molar-refractivity contribution in [1.29, 1.82) is 0 Å². The van der Waals surface area contributed by atoms with Crippen LogP contribution in [-0.2, 0) is 0 Å². The summed E-state index contributed by atoms with van der Waals surface area (Å²) in [5.74, 6) is 2.13.